The predicted molar refractivity (Wildman–Crippen MR) is 92.1 cm³/mol. The van der Waals surface area contributed by atoms with Gasteiger partial charge in [-0.2, -0.15) is 10.2 Å². The van der Waals surface area contributed by atoms with Crippen LogP contribution in [-0.4, -0.2) is 31.4 Å². The smallest absolute Gasteiger partial charge is 0.273 e. The Hall–Kier alpha value is -2.16. The van der Waals surface area contributed by atoms with Crippen LogP contribution in [0.2, 0.25) is 0 Å². The lowest BCUT2D eigenvalue weighted by atomic mass is 10.1. The molecule has 2 heterocycles. The van der Waals surface area contributed by atoms with Gasteiger partial charge in [0.05, 0.1) is 33.9 Å². The Morgan fingerprint density at radius 3 is 2.38 bits per heavy atom. The van der Waals surface area contributed by atoms with E-state index in [1.807, 2.05) is 13.8 Å². The Labute approximate surface area is 148 Å². The van der Waals surface area contributed by atoms with E-state index < -0.39 is 5.91 Å². The van der Waals surface area contributed by atoms with Gasteiger partial charge in [-0.1, -0.05) is 6.92 Å². The van der Waals surface area contributed by atoms with Crippen molar-refractivity contribution in [3.63, 3.8) is 0 Å². The van der Waals surface area contributed by atoms with E-state index in [-0.39, 0.29) is 11.8 Å². The van der Waals surface area contributed by atoms with Crippen LogP contribution >= 0.6 is 15.9 Å². The summed E-state index contributed by atoms with van der Waals surface area (Å²) in [6.45, 7) is 7.77. The minimum atomic E-state index is -0.394. The lowest BCUT2D eigenvalue weighted by Crippen LogP contribution is -2.45. The van der Waals surface area contributed by atoms with Crippen molar-refractivity contribution in [2.24, 2.45) is 13.0 Å². The molecule has 0 bridgehead atoms. The molecule has 0 saturated heterocycles. The molecule has 0 radical (unpaired) electrons. The van der Waals surface area contributed by atoms with Crippen molar-refractivity contribution in [2.75, 3.05) is 0 Å². The summed E-state index contributed by atoms with van der Waals surface area (Å²) in [7, 11) is 1.73. The van der Waals surface area contributed by atoms with Crippen molar-refractivity contribution in [2.45, 2.75) is 34.2 Å². The summed E-state index contributed by atoms with van der Waals surface area (Å²) in [5.41, 5.74) is 7.73. The molecule has 1 atom stereocenters. The summed E-state index contributed by atoms with van der Waals surface area (Å²) in [4.78, 5) is 24.2. The van der Waals surface area contributed by atoms with Gasteiger partial charge >= 0.3 is 0 Å². The highest BCUT2D eigenvalue weighted by atomic mass is 79.9. The van der Waals surface area contributed by atoms with Gasteiger partial charge in [0.1, 0.15) is 0 Å². The third-order valence-corrected chi connectivity index (χ3v) is 4.89. The van der Waals surface area contributed by atoms with Crippen molar-refractivity contribution < 1.29 is 9.59 Å². The first kappa shape index (κ1) is 18.2. The largest absolute Gasteiger partial charge is 0.275 e. The fourth-order valence-corrected chi connectivity index (χ4v) is 2.61. The molecule has 0 spiro atoms. The number of hydrogen-bond donors (Lipinski definition) is 2. The monoisotopic (exact) mass is 396 g/mol. The maximum Gasteiger partial charge on any atom is 0.273 e. The third kappa shape index (κ3) is 3.84. The molecule has 0 saturated carbocycles. The zero-order valence-corrected chi connectivity index (χ0v) is 15.9. The fraction of sp³-hybridized carbons (Fsp3) is 0.467. The molecular weight excluding hydrogens is 376 g/mol. The molecular formula is C15H21BrN6O2. The quantitative estimate of drug-likeness (QED) is 0.763. The number of aryl methyl sites for hydroxylation is 3. The van der Waals surface area contributed by atoms with Gasteiger partial charge in [-0.05, 0) is 36.7 Å². The number of nitrogens with one attached hydrogen (secondary N) is 2. The molecule has 2 N–H and O–H groups in total. The summed E-state index contributed by atoms with van der Waals surface area (Å²) in [5.74, 6) is -1.03. The van der Waals surface area contributed by atoms with E-state index in [2.05, 4.69) is 37.0 Å². The average Bonchev–Trinajstić information content (AvgIpc) is 2.98. The number of amides is 2. The third-order valence-electron chi connectivity index (χ3n) is 3.74. The summed E-state index contributed by atoms with van der Waals surface area (Å²) in [5, 5.41) is 8.48. The molecule has 8 nitrogen and oxygen atoms in total. The van der Waals surface area contributed by atoms with E-state index in [0.717, 1.165) is 15.9 Å². The van der Waals surface area contributed by atoms with Gasteiger partial charge in [0.2, 0.25) is 5.91 Å². The molecule has 2 rings (SSSR count). The number of halogens is 1. The highest BCUT2D eigenvalue weighted by Gasteiger charge is 2.19. The average molecular weight is 397 g/mol. The van der Waals surface area contributed by atoms with E-state index in [4.69, 9.17) is 0 Å². The number of hydrazine groups is 1. The molecule has 0 aliphatic carbocycles. The van der Waals surface area contributed by atoms with Gasteiger partial charge in [-0.25, -0.2) is 0 Å². The fourth-order valence-electron chi connectivity index (χ4n) is 2.33. The highest BCUT2D eigenvalue weighted by molar-refractivity contribution is 9.10. The first-order valence-corrected chi connectivity index (χ1v) is 8.30. The zero-order chi connectivity index (χ0) is 18.0. The molecule has 0 aliphatic heterocycles. The second-order valence-corrected chi connectivity index (χ2v) is 6.61. The molecule has 9 heteroatoms. The topological polar surface area (TPSA) is 93.8 Å². The second kappa shape index (κ2) is 7.16. The van der Waals surface area contributed by atoms with Gasteiger partial charge in [-0.3, -0.25) is 29.8 Å². The van der Waals surface area contributed by atoms with Crippen LogP contribution in [0.1, 0.15) is 34.4 Å². The first-order chi connectivity index (χ1) is 11.2. The normalized spacial score (nSPS) is 12.1. The molecule has 0 fully saturated rings. The minimum absolute atomic E-state index is 0.284. The summed E-state index contributed by atoms with van der Waals surface area (Å²) < 4.78 is 4.27. The highest BCUT2D eigenvalue weighted by Crippen LogP contribution is 2.20. The molecule has 1 unspecified atom stereocenters. The molecule has 2 aromatic heterocycles. The van der Waals surface area contributed by atoms with Gasteiger partial charge < -0.3 is 0 Å². The number of carbonyl (C=O) groups is 2. The number of hydrogen-bond acceptors (Lipinski definition) is 4. The Morgan fingerprint density at radius 1 is 1.21 bits per heavy atom. The summed E-state index contributed by atoms with van der Waals surface area (Å²) in [6, 6.07) is 0. The van der Waals surface area contributed by atoms with Gasteiger partial charge in [0.15, 0.2) is 0 Å². The van der Waals surface area contributed by atoms with Crippen molar-refractivity contribution in [3.05, 3.63) is 33.3 Å². The van der Waals surface area contributed by atoms with Crippen molar-refractivity contribution in [1.29, 1.82) is 0 Å². The number of carbonyl (C=O) groups excluding carboxylic acids is 2. The number of aromatic nitrogens is 4. The van der Waals surface area contributed by atoms with Crippen LogP contribution in [0.5, 0.6) is 0 Å². The van der Waals surface area contributed by atoms with Gasteiger partial charge in [0.25, 0.3) is 5.91 Å². The van der Waals surface area contributed by atoms with E-state index >= 15 is 0 Å². The van der Waals surface area contributed by atoms with Crippen LogP contribution in [0.15, 0.2) is 10.7 Å². The van der Waals surface area contributed by atoms with Crippen molar-refractivity contribution in [1.82, 2.24) is 30.4 Å². The van der Waals surface area contributed by atoms with Crippen LogP contribution in [0.25, 0.3) is 0 Å². The van der Waals surface area contributed by atoms with Crippen LogP contribution in [0, 0.1) is 26.7 Å². The lowest BCUT2D eigenvalue weighted by Gasteiger charge is -2.14. The summed E-state index contributed by atoms with van der Waals surface area (Å²) in [6.07, 6.45) is 1.60. The van der Waals surface area contributed by atoms with E-state index in [9.17, 15) is 9.59 Å². The van der Waals surface area contributed by atoms with Crippen molar-refractivity contribution >= 4 is 27.7 Å². The minimum Gasteiger partial charge on any atom is -0.275 e. The molecule has 2 aromatic rings. The first-order valence-electron chi connectivity index (χ1n) is 7.50. The second-order valence-electron chi connectivity index (χ2n) is 5.81. The lowest BCUT2D eigenvalue weighted by molar-refractivity contribution is -0.125. The maximum atomic E-state index is 12.2. The van der Waals surface area contributed by atoms with E-state index in [0.29, 0.717) is 17.8 Å². The van der Waals surface area contributed by atoms with Gasteiger partial charge in [0, 0.05) is 18.9 Å². The summed E-state index contributed by atoms with van der Waals surface area (Å²) >= 11 is 3.46. The van der Waals surface area contributed by atoms with E-state index in [1.54, 1.807) is 36.5 Å². The van der Waals surface area contributed by atoms with Crippen LogP contribution in [-0.2, 0) is 18.4 Å². The Balaban J connectivity index is 1.93. The maximum absolute atomic E-state index is 12.2. The standard InChI is InChI=1S/C15H21BrN6O2/c1-8(6-22-11(4)13(16)10(3)20-22)14(23)17-18-15(24)12-7-21(5)19-9(12)2/h7-8H,6H2,1-5H3,(H,17,23)(H,18,24). The Bertz CT molecular complexity index is 779. The Morgan fingerprint density at radius 2 is 1.88 bits per heavy atom. The van der Waals surface area contributed by atoms with Crippen molar-refractivity contribution in [3.8, 4) is 0 Å². The van der Waals surface area contributed by atoms with Crippen LogP contribution in [0.4, 0.5) is 0 Å². The zero-order valence-electron chi connectivity index (χ0n) is 14.3. The molecule has 130 valence electrons. The molecule has 0 aromatic carbocycles. The molecule has 2 amide bonds. The number of rotatable bonds is 4. The number of nitrogens with zero attached hydrogens (tertiary/aromatic N) is 4. The van der Waals surface area contributed by atoms with Crippen LogP contribution in [0.3, 0.4) is 0 Å². The van der Waals surface area contributed by atoms with Gasteiger partial charge in [-0.15, -0.1) is 0 Å². The SMILES string of the molecule is Cc1nn(C)cc1C(=O)NNC(=O)C(C)Cn1nc(C)c(Br)c1C. The Kier molecular flexibility index (Phi) is 5.43. The molecule has 24 heavy (non-hydrogen) atoms. The van der Waals surface area contributed by atoms with Crippen LogP contribution < -0.4 is 10.9 Å². The van der Waals surface area contributed by atoms with E-state index in [1.165, 1.54) is 0 Å². The predicted octanol–water partition coefficient (Wildman–Crippen LogP) is 1.40. The molecule has 0 aliphatic rings.